The van der Waals surface area contributed by atoms with Crippen molar-refractivity contribution < 1.29 is 5.11 Å². The van der Waals surface area contributed by atoms with Crippen molar-refractivity contribution in [1.29, 1.82) is 0 Å². The summed E-state index contributed by atoms with van der Waals surface area (Å²) < 4.78 is 0. The maximum absolute atomic E-state index is 10.3. The van der Waals surface area contributed by atoms with Crippen LogP contribution in [0.2, 0.25) is 0 Å². The quantitative estimate of drug-likeness (QED) is 0.0849. The molecule has 0 amide bonds. The second-order valence-corrected chi connectivity index (χ2v) is 12.5. The van der Waals surface area contributed by atoms with Crippen LogP contribution in [-0.4, -0.2) is 11.2 Å². The molecule has 0 aromatic carbocycles. The largest absolute Gasteiger partial charge is 0.393 e. The van der Waals surface area contributed by atoms with Crippen molar-refractivity contribution >= 4 is 0 Å². The van der Waals surface area contributed by atoms with Crippen LogP contribution in [0.25, 0.3) is 0 Å². The Labute approximate surface area is 236 Å². The van der Waals surface area contributed by atoms with Crippen molar-refractivity contribution in [2.24, 2.45) is 0 Å². The minimum Gasteiger partial charge on any atom is -0.393 e. The van der Waals surface area contributed by atoms with E-state index in [1.54, 1.807) is 0 Å². The van der Waals surface area contributed by atoms with Crippen molar-refractivity contribution in [1.82, 2.24) is 0 Å². The molecular weight excluding hydrogens is 448 g/mol. The summed E-state index contributed by atoms with van der Waals surface area (Å²) in [5, 5.41) is 10.3. The van der Waals surface area contributed by atoms with Crippen LogP contribution < -0.4 is 0 Å². The molecule has 0 heterocycles. The summed E-state index contributed by atoms with van der Waals surface area (Å²) in [7, 11) is 0. The van der Waals surface area contributed by atoms with Gasteiger partial charge < -0.3 is 5.11 Å². The molecule has 1 nitrogen and oxygen atoms in total. The van der Waals surface area contributed by atoms with Crippen LogP contribution in [-0.2, 0) is 0 Å². The molecule has 0 bridgehead atoms. The average molecular weight is 523 g/mol. The molecule has 0 aliphatic heterocycles. The molecule has 224 valence electrons. The summed E-state index contributed by atoms with van der Waals surface area (Å²) >= 11 is 0. The summed E-state index contributed by atoms with van der Waals surface area (Å²) in [6.07, 6.45) is 46.0. The van der Waals surface area contributed by atoms with Gasteiger partial charge in [-0.05, 0) is 12.8 Å². The van der Waals surface area contributed by atoms with Gasteiger partial charge in [-0.25, -0.2) is 0 Å². The van der Waals surface area contributed by atoms with E-state index in [4.69, 9.17) is 0 Å². The minimum absolute atomic E-state index is 0.0334. The molecule has 0 fully saturated rings. The fourth-order valence-corrected chi connectivity index (χ4v) is 5.82. The Morgan fingerprint density at radius 2 is 0.432 bits per heavy atom. The first-order valence-corrected chi connectivity index (χ1v) is 18.0. The number of aliphatic hydroxyl groups is 1. The lowest BCUT2D eigenvalue weighted by atomic mass is 10.0. The van der Waals surface area contributed by atoms with E-state index in [1.165, 1.54) is 199 Å². The Morgan fingerprint density at radius 1 is 0.270 bits per heavy atom. The summed E-state index contributed by atoms with van der Waals surface area (Å²) in [5.41, 5.74) is 0. The van der Waals surface area contributed by atoms with Crippen molar-refractivity contribution in [3.63, 3.8) is 0 Å². The molecule has 0 radical (unpaired) electrons. The highest BCUT2D eigenvalue weighted by Crippen LogP contribution is 2.17. The summed E-state index contributed by atoms with van der Waals surface area (Å²) in [4.78, 5) is 0. The maximum atomic E-state index is 10.3. The summed E-state index contributed by atoms with van der Waals surface area (Å²) in [6.45, 7) is 4.59. The number of unbranched alkanes of at least 4 members (excludes halogenated alkanes) is 29. The Hall–Kier alpha value is -0.0400. The second kappa shape index (κ2) is 34.0. The molecule has 1 unspecified atom stereocenters. The van der Waals surface area contributed by atoms with E-state index in [0.29, 0.717) is 0 Å². The smallest absolute Gasteiger partial charge is 0.0540 e. The molecule has 0 aromatic rings. The number of hydrogen-bond acceptors (Lipinski definition) is 1. The summed E-state index contributed by atoms with van der Waals surface area (Å²) in [5.74, 6) is 0. The van der Waals surface area contributed by atoms with E-state index in [9.17, 15) is 5.11 Å². The Kier molecular flexibility index (Phi) is 34.0. The predicted octanol–water partition coefficient (Wildman–Crippen LogP) is 13.3. The molecule has 0 aromatic heterocycles. The van der Waals surface area contributed by atoms with E-state index in [0.717, 1.165) is 12.8 Å². The van der Waals surface area contributed by atoms with Gasteiger partial charge in [0.2, 0.25) is 0 Å². The van der Waals surface area contributed by atoms with Gasteiger partial charge in [0.25, 0.3) is 0 Å². The second-order valence-electron chi connectivity index (χ2n) is 12.5. The van der Waals surface area contributed by atoms with Crippen molar-refractivity contribution in [2.75, 3.05) is 0 Å². The van der Waals surface area contributed by atoms with Gasteiger partial charge in [-0.15, -0.1) is 0 Å². The van der Waals surface area contributed by atoms with Crippen molar-refractivity contribution in [2.45, 2.75) is 232 Å². The molecule has 0 aliphatic carbocycles. The van der Waals surface area contributed by atoms with Crippen LogP contribution in [0.5, 0.6) is 0 Å². The maximum Gasteiger partial charge on any atom is 0.0540 e. The molecule has 0 rings (SSSR count). The first kappa shape index (κ1) is 37.0. The van der Waals surface area contributed by atoms with Gasteiger partial charge in [0.15, 0.2) is 0 Å². The Morgan fingerprint density at radius 3 is 0.622 bits per heavy atom. The van der Waals surface area contributed by atoms with E-state index >= 15 is 0 Å². The topological polar surface area (TPSA) is 20.2 Å². The molecule has 1 N–H and O–H groups in total. The van der Waals surface area contributed by atoms with Crippen molar-refractivity contribution in [3.05, 3.63) is 0 Å². The number of aliphatic hydroxyl groups excluding tert-OH is 1. The zero-order chi connectivity index (χ0) is 26.9. The lowest BCUT2D eigenvalue weighted by Crippen LogP contribution is -2.05. The predicted molar refractivity (Wildman–Crippen MR) is 170 cm³/mol. The Bertz CT molecular complexity index is 379. The van der Waals surface area contributed by atoms with E-state index in [1.807, 2.05) is 0 Å². The zero-order valence-electron chi connectivity index (χ0n) is 26.4. The molecule has 0 spiro atoms. The van der Waals surface area contributed by atoms with Crippen LogP contribution in [0.3, 0.4) is 0 Å². The third kappa shape index (κ3) is 33.9. The first-order valence-electron chi connectivity index (χ1n) is 18.0. The van der Waals surface area contributed by atoms with Crippen LogP contribution in [0.4, 0.5) is 0 Å². The number of rotatable bonds is 33. The fourth-order valence-electron chi connectivity index (χ4n) is 5.82. The van der Waals surface area contributed by atoms with Crippen molar-refractivity contribution in [3.8, 4) is 0 Å². The molecule has 37 heavy (non-hydrogen) atoms. The molecule has 0 saturated heterocycles. The highest BCUT2D eigenvalue weighted by molar-refractivity contribution is 4.58. The molecule has 1 atom stereocenters. The van der Waals surface area contributed by atoms with Gasteiger partial charge in [0.05, 0.1) is 6.10 Å². The van der Waals surface area contributed by atoms with Crippen LogP contribution in [0.15, 0.2) is 0 Å². The highest BCUT2D eigenvalue weighted by atomic mass is 16.3. The SMILES string of the molecule is CCCCCCCCCCCCCCCCCCCCCC(O)CCCCCCCCCCCCCC. The van der Waals surface area contributed by atoms with Crippen LogP contribution in [0.1, 0.15) is 226 Å². The lowest BCUT2D eigenvalue weighted by molar-refractivity contribution is 0.147. The van der Waals surface area contributed by atoms with E-state index in [2.05, 4.69) is 13.8 Å². The number of hydrogen-bond donors (Lipinski definition) is 1. The minimum atomic E-state index is -0.0334. The average Bonchev–Trinajstić information content (AvgIpc) is 2.90. The fraction of sp³-hybridized carbons (Fsp3) is 1.00. The third-order valence-electron chi connectivity index (χ3n) is 8.53. The highest BCUT2D eigenvalue weighted by Gasteiger charge is 2.04. The molecule has 0 saturated carbocycles. The van der Waals surface area contributed by atoms with Crippen LogP contribution in [0, 0.1) is 0 Å². The van der Waals surface area contributed by atoms with Gasteiger partial charge in [0.1, 0.15) is 0 Å². The van der Waals surface area contributed by atoms with Gasteiger partial charge in [-0.1, -0.05) is 213 Å². The third-order valence-corrected chi connectivity index (χ3v) is 8.53. The Balaban J connectivity index is 3.12. The van der Waals surface area contributed by atoms with Gasteiger partial charge >= 0.3 is 0 Å². The van der Waals surface area contributed by atoms with Gasteiger partial charge in [0, 0.05) is 0 Å². The molecule has 0 aliphatic rings. The van der Waals surface area contributed by atoms with Crippen LogP contribution >= 0.6 is 0 Å². The normalized spacial score (nSPS) is 12.4. The molecular formula is C36H74O. The van der Waals surface area contributed by atoms with Gasteiger partial charge in [-0.3, -0.25) is 0 Å². The lowest BCUT2D eigenvalue weighted by Gasteiger charge is -2.10. The first-order chi connectivity index (χ1) is 18.3. The van der Waals surface area contributed by atoms with E-state index < -0.39 is 0 Å². The zero-order valence-corrected chi connectivity index (χ0v) is 26.4. The monoisotopic (exact) mass is 523 g/mol. The van der Waals surface area contributed by atoms with Gasteiger partial charge in [-0.2, -0.15) is 0 Å². The summed E-state index contributed by atoms with van der Waals surface area (Å²) in [6, 6.07) is 0. The molecule has 1 heteroatoms. The standard InChI is InChI=1S/C36H74O/c1-3-5-7-9-11-13-15-17-18-19-20-21-22-23-25-27-29-31-33-35-36(37)34-32-30-28-26-24-16-14-12-10-8-6-4-2/h36-37H,3-35H2,1-2H3. The van der Waals surface area contributed by atoms with E-state index in [-0.39, 0.29) is 6.10 Å².